The van der Waals surface area contributed by atoms with Crippen LogP contribution in [0.3, 0.4) is 0 Å². The zero-order valence-electron chi connectivity index (χ0n) is 15.0. The number of carbonyl (C=O) groups is 1. The Kier molecular flexibility index (Phi) is 5.36. The van der Waals surface area contributed by atoms with Gasteiger partial charge in [-0.3, -0.25) is 4.79 Å². The van der Waals surface area contributed by atoms with Gasteiger partial charge in [-0.25, -0.2) is 18.4 Å². The Hall–Kier alpha value is -2.28. The second-order valence-corrected chi connectivity index (χ2v) is 9.11. The van der Waals surface area contributed by atoms with Gasteiger partial charge in [-0.2, -0.15) is 0 Å². The molecule has 0 saturated heterocycles. The van der Waals surface area contributed by atoms with E-state index in [9.17, 15) is 13.2 Å². The highest BCUT2D eigenvalue weighted by Crippen LogP contribution is 2.36. The minimum Gasteiger partial charge on any atom is -0.351 e. The van der Waals surface area contributed by atoms with Crippen molar-refractivity contribution in [3.05, 3.63) is 47.3 Å². The third kappa shape index (κ3) is 4.66. The zero-order valence-corrected chi connectivity index (χ0v) is 15.8. The van der Waals surface area contributed by atoms with Crippen molar-refractivity contribution in [2.75, 3.05) is 18.6 Å². The topological polar surface area (TPSA) is 89.0 Å². The van der Waals surface area contributed by atoms with Crippen LogP contribution in [-0.4, -0.2) is 42.8 Å². The summed E-state index contributed by atoms with van der Waals surface area (Å²) in [6.45, 7) is 2.05. The van der Waals surface area contributed by atoms with Gasteiger partial charge in [0.25, 0.3) is 5.91 Å². The predicted octanol–water partition coefficient (Wildman–Crippen LogP) is 2.49. The molecular formula is C19H23N3O3S. The highest BCUT2D eigenvalue weighted by Gasteiger charge is 2.22. The van der Waals surface area contributed by atoms with Crippen molar-refractivity contribution in [1.29, 1.82) is 0 Å². The van der Waals surface area contributed by atoms with Crippen molar-refractivity contribution >= 4 is 15.7 Å². The van der Waals surface area contributed by atoms with E-state index in [1.54, 1.807) is 18.2 Å². The van der Waals surface area contributed by atoms with E-state index in [1.165, 1.54) is 19.3 Å². The highest BCUT2D eigenvalue weighted by molar-refractivity contribution is 7.90. The number of hydrogen-bond donors (Lipinski definition) is 1. The van der Waals surface area contributed by atoms with E-state index in [-0.39, 0.29) is 18.2 Å². The van der Waals surface area contributed by atoms with E-state index in [0.717, 1.165) is 23.2 Å². The summed E-state index contributed by atoms with van der Waals surface area (Å²) in [6, 6.07) is 9.15. The molecule has 1 aliphatic carbocycles. The summed E-state index contributed by atoms with van der Waals surface area (Å²) in [4.78, 5) is 21.5. The summed E-state index contributed by atoms with van der Waals surface area (Å²) in [5, 5.41) is 2.63. The van der Waals surface area contributed by atoms with E-state index in [4.69, 9.17) is 4.98 Å². The second-order valence-electron chi connectivity index (χ2n) is 6.85. The maximum atomic E-state index is 12.3. The number of aryl methyl sites for hydroxylation is 1. The number of amides is 1. The Morgan fingerprint density at radius 3 is 2.65 bits per heavy atom. The summed E-state index contributed by atoms with van der Waals surface area (Å²) in [7, 11) is -3.10. The lowest BCUT2D eigenvalue weighted by molar-refractivity contribution is 0.0956. The maximum Gasteiger partial charge on any atom is 0.251 e. The molecule has 1 saturated carbocycles. The first-order valence-electron chi connectivity index (χ1n) is 8.74. The average Bonchev–Trinajstić information content (AvgIpc) is 2.51. The molecule has 1 aliphatic rings. The Balaban J connectivity index is 1.78. The molecule has 3 rings (SSSR count). The number of sulfone groups is 1. The zero-order chi connectivity index (χ0) is 18.7. The molecule has 0 aliphatic heterocycles. The fraction of sp³-hybridized carbons (Fsp3) is 0.421. The monoisotopic (exact) mass is 373 g/mol. The fourth-order valence-corrected chi connectivity index (χ4v) is 3.36. The number of rotatable bonds is 6. The number of benzene rings is 1. The van der Waals surface area contributed by atoms with E-state index < -0.39 is 9.84 Å². The molecule has 1 aromatic carbocycles. The van der Waals surface area contributed by atoms with Gasteiger partial charge in [0, 0.05) is 41.2 Å². The molecule has 0 spiro atoms. The van der Waals surface area contributed by atoms with Crippen LogP contribution in [-0.2, 0) is 9.84 Å². The highest BCUT2D eigenvalue weighted by atomic mass is 32.2. The first-order valence-corrected chi connectivity index (χ1v) is 10.8. The van der Waals surface area contributed by atoms with Crippen LogP contribution in [0, 0.1) is 6.92 Å². The second kappa shape index (κ2) is 7.53. The van der Waals surface area contributed by atoms with Crippen LogP contribution in [0.15, 0.2) is 30.3 Å². The molecule has 1 fully saturated rings. The number of nitrogens with one attached hydrogen (secondary N) is 1. The van der Waals surface area contributed by atoms with Crippen molar-refractivity contribution in [3.8, 4) is 11.4 Å². The third-order valence-electron chi connectivity index (χ3n) is 4.54. The molecular weight excluding hydrogens is 350 g/mol. The molecule has 1 heterocycles. The standard InChI is InChI=1S/C19H23N3O3S/c1-13-11-17(14-5-3-6-14)22-18(21-13)15-7-4-8-16(12-15)19(23)20-9-10-26(2,24)25/h4,7-8,11-12,14H,3,5-6,9-10H2,1-2H3,(H,20,23). The van der Waals surface area contributed by atoms with Crippen molar-refractivity contribution in [3.63, 3.8) is 0 Å². The van der Waals surface area contributed by atoms with Gasteiger partial charge in [0.05, 0.1) is 5.75 Å². The molecule has 0 radical (unpaired) electrons. The Bertz CT molecular complexity index is 921. The van der Waals surface area contributed by atoms with E-state index in [2.05, 4.69) is 10.3 Å². The molecule has 1 aromatic heterocycles. The smallest absolute Gasteiger partial charge is 0.251 e. The van der Waals surface area contributed by atoms with Crippen LogP contribution >= 0.6 is 0 Å². The Morgan fingerprint density at radius 1 is 1.23 bits per heavy atom. The Labute approximate surface area is 154 Å². The van der Waals surface area contributed by atoms with Gasteiger partial charge >= 0.3 is 0 Å². The van der Waals surface area contributed by atoms with Crippen molar-refractivity contribution < 1.29 is 13.2 Å². The lowest BCUT2D eigenvalue weighted by Gasteiger charge is -2.25. The molecule has 26 heavy (non-hydrogen) atoms. The SMILES string of the molecule is Cc1cc(C2CCC2)nc(-c2cccc(C(=O)NCCS(C)(=O)=O)c2)n1. The first kappa shape index (κ1) is 18.5. The summed E-state index contributed by atoms with van der Waals surface area (Å²) in [6.07, 6.45) is 4.72. The normalized spacial score (nSPS) is 14.7. The van der Waals surface area contributed by atoms with E-state index >= 15 is 0 Å². The van der Waals surface area contributed by atoms with Gasteiger partial charge in [-0.05, 0) is 38.0 Å². The van der Waals surface area contributed by atoms with Crippen molar-refractivity contribution in [1.82, 2.24) is 15.3 Å². The average molecular weight is 373 g/mol. The van der Waals surface area contributed by atoms with Gasteiger partial charge in [0.15, 0.2) is 5.82 Å². The molecule has 138 valence electrons. The molecule has 2 aromatic rings. The summed E-state index contributed by atoms with van der Waals surface area (Å²) in [5.41, 5.74) is 3.23. The van der Waals surface area contributed by atoms with Gasteiger partial charge < -0.3 is 5.32 Å². The number of nitrogens with zero attached hydrogens (tertiary/aromatic N) is 2. The van der Waals surface area contributed by atoms with Crippen molar-refractivity contribution in [2.45, 2.75) is 32.1 Å². The van der Waals surface area contributed by atoms with Gasteiger partial charge in [0.1, 0.15) is 9.84 Å². The summed E-state index contributed by atoms with van der Waals surface area (Å²) < 4.78 is 22.3. The first-order chi connectivity index (χ1) is 12.3. The summed E-state index contributed by atoms with van der Waals surface area (Å²) in [5.74, 6) is 0.752. The minimum atomic E-state index is -3.10. The van der Waals surface area contributed by atoms with Crippen LogP contribution < -0.4 is 5.32 Å². The minimum absolute atomic E-state index is 0.0792. The molecule has 0 atom stereocenters. The van der Waals surface area contributed by atoms with Crippen LogP contribution in [0.25, 0.3) is 11.4 Å². The molecule has 1 amide bonds. The fourth-order valence-electron chi connectivity index (χ4n) is 2.89. The van der Waals surface area contributed by atoms with Crippen molar-refractivity contribution in [2.24, 2.45) is 0 Å². The summed E-state index contributed by atoms with van der Waals surface area (Å²) >= 11 is 0. The number of hydrogen-bond acceptors (Lipinski definition) is 5. The lowest BCUT2D eigenvalue weighted by atomic mass is 9.82. The molecule has 0 unspecified atom stereocenters. The molecule has 0 bridgehead atoms. The quantitative estimate of drug-likeness (QED) is 0.840. The maximum absolute atomic E-state index is 12.3. The molecule has 1 N–H and O–H groups in total. The van der Waals surface area contributed by atoms with Crippen LogP contribution in [0.5, 0.6) is 0 Å². The van der Waals surface area contributed by atoms with Crippen LogP contribution in [0.1, 0.15) is 46.9 Å². The number of aromatic nitrogens is 2. The van der Waals surface area contributed by atoms with Crippen LogP contribution in [0.4, 0.5) is 0 Å². The van der Waals surface area contributed by atoms with Gasteiger partial charge in [0.2, 0.25) is 0 Å². The lowest BCUT2D eigenvalue weighted by Crippen LogP contribution is -2.28. The van der Waals surface area contributed by atoms with E-state index in [1.807, 2.05) is 19.1 Å². The van der Waals surface area contributed by atoms with E-state index in [0.29, 0.717) is 17.3 Å². The van der Waals surface area contributed by atoms with Gasteiger partial charge in [-0.1, -0.05) is 18.6 Å². The molecule has 7 heteroatoms. The number of carbonyl (C=O) groups excluding carboxylic acids is 1. The largest absolute Gasteiger partial charge is 0.351 e. The van der Waals surface area contributed by atoms with Gasteiger partial charge in [-0.15, -0.1) is 0 Å². The molecule has 6 nitrogen and oxygen atoms in total. The predicted molar refractivity (Wildman–Crippen MR) is 101 cm³/mol. The third-order valence-corrected chi connectivity index (χ3v) is 5.48. The van der Waals surface area contributed by atoms with Crippen LogP contribution in [0.2, 0.25) is 0 Å². The Morgan fingerprint density at radius 2 is 2.00 bits per heavy atom.